The summed E-state index contributed by atoms with van der Waals surface area (Å²) in [5.74, 6) is 2.83. The summed E-state index contributed by atoms with van der Waals surface area (Å²) in [5.41, 5.74) is 0.956. The monoisotopic (exact) mass is 418 g/mol. The van der Waals surface area contributed by atoms with E-state index in [1.165, 1.54) is 5.00 Å². The first-order chi connectivity index (χ1) is 14.2. The Morgan fingerprint density at radius 3 is 2.38 bits per heavy atom. The summed E-state index contributed by atoms with van der Waals surface area (Å²) in [5, 5.41) is 6.89. The lowest BCUT2D eigenvalue weighted by Crippen LogP contribution is -2.52. The largest absolute Gasteiger partial charge is 0.493 e. The molecule has 1 aliphatic heterocycles. The Morgan fingerprint density at radius 1 is 1.03 bits per heavy atom. The highest BCUT2D eigenvalue weighted by Crippen LogP contribution is 2.40. The van der Waals surface area contributed by atoms with Gasteiger partial charge < -0.3 is 29.3 Å². The van der Waals surface area contributed by atoms with E-state index in [1.807, 2.05) is 12.1 Å². The van der Waals surface area contributed by atoms with Crippen molar-refractivity contribution >= 4 is 22.3 Å². The van der Waals surface area contributed by atoms with E-state index >= 15 is 0 Å². The first-order valence-corrected chi connectivity index (χ1v) is 10.7. The number of rotatable bonds is 7. The number of methoxy groups -OCH3 is 3. The average Bonchev–Trinajstić information content (AvgIpc) is 3.31. The van der Waals surface area contributed by atoms with Gasteiger partial charge in [-0.25, -0.2) is 4.99 Å². The van der Waals surface area contributed by atoms with E-state index in [4.69, 9.17) is 19.2 Å². The van der Waals surface area contributed by atoms with Crippen LogP contribution in [0.25, 0.3) is 0 Å². The number of anilines is 1. The van der Waals surface area contributed by atoms with E-state index in [1.54, 1.807) is 32.7 Å². The molecule has 7 nitrogen and oxygen atoms in total. The Kier molecular flexibility index (Phi) is 7.46. The molecule has 0 saturated carbocycles. The van der Waals surface area contributed by atoms with Gasteiger partial charge in [0.1, 0.15) is 0 Å². The molecule has 158 valence electrons. The molecule has 3 rings (SSSR count). The van der Waals surface area contributed by atoms with Crippen LogP contribution < -0.4 is 24.4 Å². The van der Waals surface area contributed by atoms with Crippen molar-refractivity contribution in [3.63, 3.8) is 0 Å². The predicted molar refractivity (Wildman–Crippen MR) is 119 cm³/mol. The lowest BCUT2D eigenvalue weighted by atomic mass is 10.1. The summed E-state index contributed by atoms with van der Waals surface area (Å²) in [6, 6.07) is 8.15. The zero-order chi connectivity index (χ0) is 20.6. The number of hydrogen-bond donors (Lipinski definition) is 1. The number of nitrogens with zero attached hydrogens (tertiary/aromatic N) is 3. The average molecular weight is 419 g/mol. The zero-order valence-corrected chi connectivity index (χ0v) is 18.4. The number of piperazine rings is 1. The number of aliphatic imine (C=N–C) groups is 1. The van der Waals surface area contributed by atoms with Crippen LogP contribution in [0, 0.1) is 0 Å². The molecule has 1 aromatic heterocycles. The topological polar surface area (TPSA) is 58.6 Å². The summed E-state index contributed by atoms with van der Waals surface area (Å²) < 4.78 is 16.4. The highest BCUT2D eigenvalue weighted by Gasteiger charge is 2.21. The fourth-order valence-corrected chi connectivity index (χ4v) is 4.25. The summed E-state index contributed by atoms with van der Waals surface area (Å²) in [6.07, 6.45) is 0. The standard InChI is InChI=1S/C21H30N4O3S/c1-5-22-21(25-12-10-24(11-13-25)18-7-6-14-29-18)23-15-16-8-9-17(26-2)20(28-4)19(16)27-3/h6-9,14H,5,10-13,15H2,1-4H3,(H,22,23). The Morgan fingerprint density at radius 2 is 1.79 bits per heavy atom. The van der Waals surface area contributed by atoms with Gasteiger partial charge in [-0.2, -0.15) is 0 Å². The summed E-state index contributed by atoms with van der Waals surface area (Å²) >= 11 is 1.79. The first kappa shape index (κ1) is 21.1. The van der Waals surface area contributed by atoms with Gasteiger partial charge in [-0.1, -0.05) is 0 Å². The number of guanidine groups is 1. The molecule has 0 aliphatic carbocycles. The van der Waals surface area contributed by atoms with E-state index in [-0.39, 0.29) is 0 Å². The number of hydrogen-bond acceptors (Lipinski definition) is 6. The molecule has 0 bridgehead atoms. The maximum absolute atomic E-state index is 5.59. The van der Waals surface area contributed by atoms with Gasteiger partial charge in [0.25, 0.3) is 0 Å². The van der Waals surface area contributed by atoms with Crippen molar-refractivity contribution in [3.05, 3.63) is 35.2 Å². The third-order valence-electron chi connectivity index (χ3n) is 4.92. The van der Waals surface area contributed by atoms with Crippen molar-refractivity contribution < 1.29 is 14.2 Å². The Labute approximate surface area is 176 Å². The molecule has 0 unspecified atom stereocenters. The summed E-state index contributed by atoms with van der Waals surface area (Å²) in [4.78, 5) is 9.63. The molecule has 0 radical (unpaired) electrons. The molecule has 0 atom stereocenters. The van der Waals surface area contributed by atoms with Crippen molar-refractivity contribution in [2.75, 3.05) is 59.0 Å². The van der Waals surface area contributed by atoms with Crippen molar-refractivity contribution in [2.45, 2.75) is 13.5 Å². The van der Waals surface area contributed by atoms with Gasteiger partial charge in [0.05, 0.1) is 32.9 Å². The van der Waals surface area contributed by atoms with Crippen LogP contribution in [0.2, 0.25) is 0 Å². The predicted octanol–water partition coefficient (Wildman–Crippen LogP) is 3.06. The van der Waals surface area contributed by atoms with E-state index in [0.717, 1.165) is 44.2 Å². The van der Waals surface area contributed by atoms with Gasteiger partial charge in [0.2, 0.25) is 5.75 Å². The minimum absolute atomic E-state index is 0.497. The minimum Gasteiger partial charge on any atom is -0.493 e. The van der Waals surface area contributed by atoms with Gasteiger partial charge in [0.15, 0.2) is 17.5 Å². The van der Waals surface area contributed by atoms with Crippen LogP contribution in [-0.4, -0.2) is 64.9 Å². The van der Waals surface area contributed by atoms with Crippen molar-refractivity contribution in [2.24, 2.45) is 4.99 Å². The van der Waals surface area contributed by atoms with E-state index in [9.17, 15) is 0 Å². The van der Waals surface area contributed by atoms with Gasteiger partial charge in [-0.05, 0) is 36.6 Å². The molecule has 1 saturated heterocycles. The Bertz CT molecular complexity index is 803. The van der Waals surface area contributed by atoms with E-state index in [0.29, 0.717) is 23.8 Å². The maximum atomic E-state index is 5.59. The highest BCUT2D eigenvalue weighted by atomic mass is 32.1. The van der Waals surface area contributed by atoms with Crippen LogP contribution >= 0.6 is 11.3 Å². The second kappa shape index (κ2) is 10.2. The van der Waals surface area contributed by atoms with Gasteiger partial charge >= 0.3 is 0 Å². The maximum Gasteiger partial charge on any atom is 0.203 e. The third kappa shape index (κ3) is 4.87. The lowest BCUT2D eigenvalue weighted by molar-refractivity contribution is 0.322. The minimum atomic E-state index is 0.497. The van der Waals surface area contributed by atoms with Crippen LogP contribution in [-0.2, 0) is 6.54 Å². The van der Waals surface area contributed by atoms with Crippen molar-refractivity contribution in [3.8, 4) is 17.2 Å². The molecule has 8 heteroatoms. The number of ether oxygens (including phenoxy) is 3. The van der Waals surface area contributed by atoms with Crippen LogP contribution in [0.4, 0.5) is 5.00 Å². The molecular weight excluding hydrogens is 388 g/mol. The molecule has 2 aromatic rings. The second-order valence-corrected chi connectivity index (χ2v) is 7.52. The van der Waals surface area contributed by atoms with E-state index in [2.05, 4.69) is 39.6 Å². The molecule has 0 spiro atoms. The van der Waals surface area contributed by atoms with Gasteiger partial charge in [0, 0.05) is 38.3 Å². The van der Waals surface area contributed by atoms with Crippen LogP contribution in [0.3, 0.4) is 0 Å². The van der Waals surface area contributed by atoms with Crippen LogP contribution in [0.1, 0.15) is 12.5 Å². The van der Waals surface area contributed by atoms with E-state index < -0.39 is 0 Å². The summed E-state index contributed by atoms with van der Waals surface area (Å²) in [6.45, 7) is 7.27. The number of benzene rings is 1. The summed E-state index contributed by atoms with van der Waals surface area (Å²) in [7, 11) is 4.87. The van der Waals surface area contributed by atoms with Crippen molar-refractivity contribution in [1.29, 1.82) is 0 Å². The molecule has 1 aromatic carbocycles. The van der Waals surface area contributed by atoms with Crippen molar-refractivity contribution in [1.82, 2.24) is 10.2 Å². The SMILES string of the molecule is CCNC(=NCc1ccc(OC)c(OC)c1OC)N1CCN(c2cccs2)CC1. The molecule has 1 N–H and O–H groups in total. The molecule has 2 heterocycles. The molecule has 0 amide bonds. The molecule has 29 heavy (non-hydrogen) atoms. The smallest absolute Gasteiger partial charge is 0.203 e. The van der Waals surface area contributed by atoms with Gasteiger partial charge in [-0.3, -0.25) is 0 Å². The Hall–Kier alpha value is -2.61. The lowest BCUT2D eigenvalue weighted by Gasteiger charge is -2.37. The Balaban J connectivity index is 1.73. The molecule has 1 fully saturated rings. The number of thiophene rings is 1. The fourth-order valence-electron chi connectivity index (χ4n) is 3.46. The van der Waals surface area contributed by atoms with Gasteiger partial charge in [-0.15, -0.1) is 11.3 Å². The third-order valence-corrected chi connectivity index (χ3v) is 5.85. The fraction of sp³-hybridized carbons (Fsp3) is 0.476. The van der Waals surface area contributed by atoms with Crippen LogP contribution in [0.15, 0.2) is 34.6 Å². The normalized spacial score (nSPS) is 14.7. The molecule has 1 aliphatic rings. The number of nitrogens with one attached hydrogen (secondary N) is 1. The molecular formula is C21H30N4O3S. The zero-order valence-electron chi connectivity index (χ0n) is 17.6. The highest BCUT2D eigenvalue weighted by molar-refractivity contribution is 7.14. The second-order valence-electron chi connectivity index (χ2n) is 6.59. The quantitative estimate of drug-likeness (QED) is 0.551. The first-order valence-electron chi connectivity index (χ1n) is 9.81. The van der Waals surface area contributed by atoms with Crippen LogP contribution in [0.5, 0.6) is 17.2 Å².